The minimum absolute atomic E-state index is 0.319. The molecule has 21 heteroatoms. The summed E-state index contributed by atoms with van der Waals surface area (Å²) in [5, 5.41) is 8.73. The standard InChI is InChI=1S/C16H4BrF17O3/c17-6-3-4(1-2-5(6)9(35)36)37-8(19)7(18)10(20,21)11(22,23)12(24,25)13(26,27)14(28,29)15(30,31)16(32,33)34/h1-3H,(H,35,36). The van der Waals surface area contributed by atoms with Gasteiger partial charge in [-0.05, 0) is 34.1 Å². The number of hydrogen-bond acceptors (Lipinski definition) is 2. The van der Waals surface area contributed by atoms with Crippen molar-refractivity contribution in [2.75, 3.05) is 0 Å². The third-order valence-electron chi connectivity index (χ3n) is 4.15. The molecular formula is C16H4BrF17O3. The minimum Gasteiger partial charge on any atom is -0.478 e. The Labute approximate surface area is 199 Å². The van der Waals surface area contributed by atoms with E-state index in [0.717, 1.165) is 0 Å². The Balaban J connectivity index is 3.58. The molecule has 0 aliphatic heterocycles. The van der Waals surface area contributed by atoms with Crippen molar-refractivity contribution in [1.29, 1.82) is 0 Å². The van der Waals surface area contributed by atoms with E-state index in [4.69, 9.17) is 5.11 Å². The summed E-state index contributed by atoms with van der Waals surface area (Å²) >= 11 is 2.49. The van der Waals surface area contributed by atoms with E-state index in [0.29, 0.717) is 18.2 Å². The summed E-state index contributed by atoms with van der Waals surface area (Å²) in [7, 11) is 0. The molecule has 1 aromatic rings. The average molecular weight is 647 g/mol. The molecule has 0 heterocycles. The molecule has 0 unspecified atom stereocenters. The van der Waals surface area contributed by atoms with Gasteiger partial charge in [-0.25, -0.2) is 4.79 Å². The Hall–Kier alpha value is -2.48. The number of carbonyl (C=O) groups is 1. The molecular weight excluding hydrogens is 643 g/mol. The molecule has 3 nitrogen and oxygen atoms in total. The Morgan fingerprint density at radius 1 is 0.703 bits per heavy atom. The van der Waals surface area contributed by atoms with Crippen molar-refractivity contribution in [3.63, 3.8) is 0 Å². The van der Waals surface area contributed by atoms with Crippen molar-refractivity contribution in [2.45, 2.75) is 41.7 Å². The summed E-state index contributed by atoms with van der Waals surface area (Å²) in [6.45, 7) is 0. The summed E-state index contributed by atoms with van der Waals surface area (Å²) < 4.78 is 227. The smallest absolute Gasteiger partial charge is 0.460 e. The molecule has 0 saturated heterocycles. The van der Waals surface area contributed by atoms with Gasteiger partial charge in [-0.15, -0.1) is 0 Å². The predicted octanol–water partition coefficient (Wildman–Crippen LogP) is 8.01. The van der Waals surface area contributed by atoms with Gasteiger partial charge in [0.15, 0.2) is 0 Å². The first-order valence-electron chi connectivity index (χ1n) is 8.23. The fraction of sp³-hybridized carbons (Fsp3) is 0.438. The van der Waals surface area contributed by atoms with Crippen LogP contribution in [0.4, 0.5) is 74.6 Å². The van der Waals surface area contributed by atoms with Crippen LogP contribution in [0, 0.1) is 0 Å². The Bertz CT molecular complexity index is 1080. The number of carboxylic acids is 1. The maximum atomic E-state index is 13.7. The van der Waals surface area contributed by atoms with Crippen LogP contribution in [0.1, 0.15) is 10.4 Å². The van der Waals surface area contributed by atoms with E-state index in [1.807, 2.05) is 0 Å². The average Bonchev–Trinajstić information content (AvgIpc) is 2.71. The molecule has 212 valence electrons. The Morgan fingerprint density at radius 2 is 1.11 bits per heavy atom. The van der Waals surface area contributed by atoms with Crippen LogP contribution in [0.2, 0.25) is 0 Å². The van der Waals surface area contributed by atoms with Crippen LogP contribution in [0.15, 0.2) is 34.5 Å². The first-order valence-corrected chi connectivity index (χ1v) is 9.02. The highest BCUT2D eigenvalue weighted by Gasteiger charge is 2.93. The minimum atomic E-state index is -8.68. The van der Waals surface area contributed by atoms with Crippen molar-refractivity contribution in [1.82, 2.24) is 0 Å². The van der Waals surface area contributed by atoms with Gasteiger partial charge in [0.1, 0.15) is 5.75 Å². The van der Waals surface area contributed by atoms with E-state index in [-0.39, 0.29) is 0 Å². The van der Waals surface area contributed by atoms with Gasteiger partial charge in [-0.2, -0.15) is 74.6 Å². The first-order chi connectivity index (χ1) is 16.1. The summed E-state index contributed by atoms with van der Waals surface area (Å²) in [5.41, 5.74) is -0.660. The van der Waals surface area contributed by atoms with Gasteiger partial charge in [0, 0.05) is 4.47 Å². The fourth-order valence-corrected chi connectivity index (χ4v) is 2.64. The zero-order valence-electron chi connectivity index (χ0n) is 16.3. The zero-order valence-corrected chi connectivity index (χ0v) is 17.9. The third kappa shape index (κ3) is 4.89. The fourth-order valence-electron chi connectivity index (χ4n) is 2.11. The van der Waals surface area contributed by atoms with Gasteiger partial charge in [0.05, 0.1) is 5.56 Å². The topological polar surface area (TPSA) is 46.5 Å². The summed E-state index contributed by atoms with van der Waals surface area (Å²) in [5.74, 6) is -57.5. The number of hydrogen-bond donors (Lipinski definition) is 1. The van der Waals surface area contributed by atoms with Gasteiger partial charge < -0.3 is 9.84 Å². The van der Waals surface area contributed by atoms with Gasteiger partial charge in [0.25, 0.3) is 0 Å². The van der Waals surface area contributed by atoms with Crippen molar-refractivity contribution >= 4 is 21.9 Å². The van der Waals surface area contributed by atoms with Crippen molar-refractivity contribution in [2.24, 2.45) is 0 Å². The molecule has 1 N–H and O–H groups in total. The van der Waals surface area contributed by atoms with Gasteiger partial charge in [0.2, 0.25) is 5.83 Å². The van der Waals surface area contributed by atoms with Crippen molar-refractivity contribution in [3.8, 4) is 5.75 Å². The lowest BCUT2D eigenvalue weighted by atomic mass is 9.91. The second kappa shape index (κ2) is 9.37. The quantitative estimate of drug-likeness (QED) is 0.218. The highest BCUT2D eigenvalue weighted by Crippen LogP contribution is 2.63. The Kier molecular flexibility index (Phi) is 8.24. The lowest BCUT2D eigenvalue weighted by Crippen LogP contribution is -2.72. The molecule has 0 radical (unpaired) electrons. The molecule has 0 aliphatic carbocycles. The molecule has 0 fully saturated rings. The molecule has 1 rings (SSSR count). The summed E-state index contributed by atoms with van der Waals surface area (Å²) in [6, 6.07) is -2.52. The number of alkyl halides is 15. The molecule has 1 aromatic carbocycles. The van der Waals surface area contributed by atoms with Crippen LogP contribution in [-0.4, -0.2) is 52.8 Å². The lowest BCUT2D eigenvalue weighted by Gasteiger charge is -2.41. The van der Waals surface area contributed by atoms with E-state index in [1.165, 1.54) is 0 Å². The third-order valence-corrected chi connectivity index (χ3v) is 4.81. The molecule has 0 saturated carbocycles. The number of aromatic carboxylic acids is 1. The molecule has 0 spiro atoms. The molecule has 0 amide bonds. The maximum Gasteiger partial charge on any atom is 0.460 e. The molecule has 0 aromatic heterocycles. The normalized spacial score (nSPS) is 15.4. The van der Waals surface area contributed by atoms with E-state index in [1.54, 1.807) is 0 Å². The van der Waals surface area contributed by atoms with Gasteiger partial charge >= 0.3 is 53.7 Å². The Morgan fingerprint density at radius 3 is 1.49 bits per heavy atom. The van der Waals surface area contributed by atoms with Crippen LogP contribution in [0.25, 0.3) is 0 Å². The largest absolute Gasteiger partial charge is 0.478 e. The zero-order chi connectivity index (χ0) is 29.8. The second-order valence-electron chi connectivity index (χ2n) is 6.58. The molecule has 0 bridgehead atoms. The highest BCUT2D eigenvalue weighted by molar-refractivity contribution is 9.10. The van der Waals surface area contributed by atoms with E-state index >= 15 is 0 Å². The van der Waals surface area contributed by atoms with Gasteiger partial charge in [-0.3, -0.25) is 0 Å². The lowest BCUT2D eigenvalue weighted by molar-refractivity contribution is -0.451. The van der Waals surface area contributed by atoms with E-state index < -0.39 is 75.3 Å². The van der Waals surface area contributed by atoms with Crippen LogP contribution in [0.5, 0.6) is 5.75 Å². The second-order valence-corrected chi connectivity index (χ2v) is 7.44. The molecule has 0 atom stereocenters. The first kappa shape index (κ1) is 32.5. The molecule has 37 heavy (non-hydrogen) atoms. The number of carboxylic acid groups (broad SMARTS) is 1. The number of ether oxygens (including phenoxy) is 1. The van der Waals surface area contributed by atoms with Gasteiger partial charge in [-0.1, -0.05) is 0 Å². The monoisotopic (exact) mass is 646 g/mol. The predicted molar refractivity (Wildman–Crippen MR) is 86.7 cm³/mol. The molecule has 0 aliphatic rings. The number of allylic oxidation sites excluding steroid dienone is 1. The summed E-state index contributed by atoms with van der Waals surface area (Å²) in [4.78, 5) is 10.8. The van der Waals surface area contributed by atoms with Crippen LogP contribution >= 0.6 is 15.9 Å². The SMILES string of the molecule is O=C(O)c1ccc(OC(F)=C(F)C(F)(F)C(F)(F)C(F)(F)C(F)(F)C(F)(F)C(F)(F)C(F)(F)F)cc1Br. The number of rotatable bonds is 9. The van der Waals surface area contributed by atoms with E-state index in [9.17, 15) is 79.4 Å². The van der Waals surface area contributed by atoms with Crippen LogP contribution in [0.3, 0.4) is 0 Å². The number of benzene rings is 1. The highest BCUT2D eigenvalue weighted by atomic mass is 79.9. The maximum absolute atomic E-state index is 13.7. The van der Waals surface area contributed by atoms with Crippen molar-refractivity contribution < 1.29 is 89.3 Å². The van der Waals surface area contributed by atoms with Crippen LogP contribution in [-0.2, 0) is 0 Å². The summed E-state index contributed by atoms with van der Waals surface area (Å²) in [6.07, 6.45) is -7.82. The van der Waals surface area contributed by atoms with Crippen LogP contribution < -0.4 is 4.74 Å². The van der Waals surface area contributed by atoms with E-state index in [2.05, 4.69) is 20.7 Å². The number of halogens is 18. The van der Waals surface area contributed by atoms with Crippen molar-refractivity contribution in [3.05, 3.63) is 40.1 Å².